The van der Waals surface area contributed by atoms with Gasteiger partial charge in [-0.05, 0) is 24.6 Å². The molecule has 5 nitrogen and oxygen atoms in total. The molecule has 0 aromatic heterocycles. The summed E-state index contributed by atoms with van der Waals surface area (Å²) < 4.78 is 0. The summed E-state index contributed by atoms with van der Waals surface area (Å²) in [6.45, 7) is 1.84. The van der Waals surface area contributed by atoms with Crippen molar-refractivity contribution < 1.29 is 5.03 Å². The number of benzene rings is 1. The number of anilines is 2. The largest absolute Gasteiger partial charge is 0.398 e. The molecule has 0 aliphatic rings. The van der Waals surface area contributed by atoms with E-state index >= 15 is 0 Å². The number of hydrazine groups is 1. The molecule has 0 saturated carbocycles. The predicted octanol–water partition coefficient (Wildman–Crippen LogP) is 1.18. The van der Waals surface area contributed by atoms with Gasteiger partial charge in [-0.25, -0.2) is 10.1 Å². The van der Waals surface area contributed by atoms with Crippen molar-refractivity contribution in [3.63, 3.8) is 0 Å². The Morgan fingerprint density at radius 1 is 1.58 bits per heavy atom. The average molecular weight is 167 g/mol. The maximum absolute atomic E-state index is 10.0. The lowest BCUT2D eigenvalue weighted by atomic mass is 10.2. The molecule has 0 heterocycles. The molecular formula is C7H9N3O2. The van der Waals surface area contributed by atoms with Gasteiger partial charge in [0.2, 0.25) is 0 Å². The van der Waals surface area contributed by atoms with Gasteiger partial charge in [0.15, 0.2) is 5.03 Å². The van der Waals surface area contributed by atoms with Crippen molar-refractivity contribution in [2.75, 3.05) is 11.2 Å². The molecule has 0 spiro atoms. The molecule has 5 heteroatoms. The molecule has 12 heavy (non-hydrogen) atoms. The van der Waals surface area contributed by atoms with E-state index in [1.807, 2.05) is 12.3 Å². The number of hydrogen-bond acceptors (Lipinski definition) is 3. The van der Waals surface area contributed by atoms with E-state index in [0.717, 1.165) is 5.56 Å². The van der Waals surface area contributed by atoms with Gasteiger partial charge in [-0.3, -0.25) is 0 Å². The van der Waals surface area contributed by atoms with Crippen molar-refractivity contribution in [1.29, 1.82) is 0 Å². The van der Waals surface area contributed by atoms with Crippen molar-refractivity contribution in [2.45, 2.75) is 6.92 Å². The van der Waals surface area contributed by atoms with E-state index in [-0.39, 0.29) is 0 Å². The van der Waals surface area contributed by atoms with Crippen LogP contribution in [0.5, 0.6) is 0 Å². The second kappa shape index (κ2) is 3.08. The average Bonchev–Trinajstić information content (AvgIpc) is 1.96. The molecule has 1 aromatic carbocycles. The van der Waals surface area contributed by atoms with Crippen LogP contribution in [0.1, 0.15) is 5.56 Å². The smallest absolute Gasteiger partial charge is 0.162 e. The number of nitrogen functional groups attached to an aromatic ring is 1. The lowest BCUT2D eigenvalue weighted by molar-refractivity contribution is -0.445. The molecule has 3 N–H and O–H groups in total. The molecule has 64 valence electrons. The van der Waals surface area contributed by atoms with Crippen LogP contribution in [-0.4, -0.2) is 5.03 Å². The van der Waals surface area contributed by atoms with E-state index in [4.69, 9.17) is 5.73 Å². The van der Waals surface area contributed by atoms with Crippen LogP contribution in [0.4, 0.5) is 11.4 Å². The third-order valence-corrected chi connectivity index (χ3v) is 1.50. The number of nitro groups is 1. The van der Waals surface area contributed by atoms with Gasteiger partial charge in [0.1, 0.15) is 5.69 Å². The van der Waals surface area contributed by atoms with Gasteiger partial charge >= 0.3 is 0 Å². The Kier molecular flexibility index (Phi) is 2.14. The minimum Gasteiger partial charge on any atom is -0.398 e. The third kappa shape index (κ3) is 1.85. The quantitative estimate of drug-likeness (QED) is 0.393. The highest BCUT2D eigenvalue weighted by Gasteiger charge is 2.00. The summed E-state index contributed by atoms with van der Waals surface area (Å²) in [6, 6.07) is 4.85. The summed E-state index contributed by atoms with van der Waals surface area (Å²) in [7, 11) is 0. The van der Waals surface area contributed by atoms with Gasteiger partial charge in [-0.2, -0.15) is 0 Å². The van der Waals surface area contributed by atoms with E-state index in [0.29, 0.717) is 11.4 Å². The lowest BCUT2D eigenvalue weighted by Gasteiger charge is -2.01. The molecule has 0 aliphatic carbocycles. The van der Waals surface area contributed by atoms with Gasteiger partial charge in [0, 0.05) is 5.69 Å². The monoisotopic (exact) mass is 167 g/mol. The Bertz CT molecular complexity index is 312. The highest BCUT2D eigenvalue weighted by Crippen LogP contribution is 2.16. The Morgan fingerprint density at radius 2 is 2.25 bits per heavy atom. The molecule has 0 atom stereocenters. The Balaban J connectivity index is 2.89. The number of hydrogen-bond donors (Lipinski definition) is 2. The minimum atomic E-state index is -0.621. The van der Waals surface area contributed by atoms with Gasteiger partial charge in [-0.15, -0.1) is 5.43 Å². The predicted molar refractivity (Wildman–Crippen MR) is 46.2 cm³/mol. The summed E-state index contributed by atoms with van der Waals surface area (Å²) in [5.74, 6) is 0. The molecule has 0 amide bonds. The minimum absolute atomic E-state index is 0.392. The van der Waals surface area contributed by atoms with Gasteiger partial charge in [-0.1, -0.05) is 6.07 Å². The van der Waals surface area contributed by atoms with Crippen molar-refractivity contribution in [3.8, 4) is 0 Å². The van der Waals surface area contributed by atoms with Crippen LogP contribution in [0, 0.1) is 17.0 Å². The van der Waals surface area contributed by atoms with Crippen molar-refractivity contribution >= 4 is 11.4 Å². The van der Waals surface area contributed by atoms with Gasteiger partial charge < -0.3 is 5.73 Å². The molecule has 0 saturated heterocycles. The fourth-order valence-corrected chi connectivity index (χ4v) is 0.815. The Labute approximate surface area is 69.3 Å². The zero-order valence-electron chi connectivity index (χ0n) is 6.57. The van der Waals surface area contributed by atoms with Crippen molar-refractivity contribution in [2.24, 2.45) is 0 Å². The molecule has 0 fully saturated rings. The third-order valence-electron chi connectivity index (χ3n) is 1.50. The molecule has 0 radical (unpaired) electrons. The summed E-state index contributed by atoms with van der Waals surface area (Å²) in [5.41, 5.74) is 9.39. The van der Waals surface area contributed by atoms with E-state index < -0.39 is 5.03 Å². The van der Waals surface area contributed by atoms with E-state index in [9.17, 15) is 10.1 Å². The maximum Gasteiger partial charge on any atom is 0.162 e. The maximum atomic E-state index is 10.0. The molecule has 1 aromatic rings. The van der Waals surface area contributed by atoms with Crippen LogP contribution in [0.25, 0.3) is 0 Å². The normalized spacial score (nSPS) is 9.42. The van der Waals surface area contributed by atoms with Crippen LogP contribution in [0.15, 0.2) is 18.2 Å². The highest BCUT2D eigenvalue weighted by molar-refractivity contribution is 5.57. The number of nitrogens with one attached hydrogen (secondary N) is 1. The molecular weight excluding hydrogens is 158 g/mol. The van der Waals surface area contributed by atoms with E-state index in [1.165, 1.54) is 6.07 Å². The molecule has 0 unspecified atom stereocenters. The first-order valence-electron chi connectivity index (χ1n) is 3.37. The lowest BCUT2D eigenvalue weighted by Crippen LogP contribution is -2.08. The topological polar surface area (TPSA) is 81.2 Å². The Hall–Kier alpha value is -1.78. The first-order valence-corrected chi connectivity index (χ1v) is 3.37. The summed E-state index contributed by atoms with van der Waals surface area (Å²) in [6.07, 6.45) is 0. The summed E-state index contributed by atoms with van der Waals surface area (Å²) >= 11 is 0. The SMILES string of the molecule is Cc1ccc(N[N+](=O)[O-])cc1N. The fourth-order valence-electron chi connectivity index (χ4n) is 0.815. The molecule has 0 aliphatic heterocycles. The van der Waals surface area contributed by atoms with Crippen molar-refractivity contribution in [1.82, 2.24) is 0 Å². The zero-order valence-corrected chi connectivity index (χ0v) is 6.57. The van der Waals surface area contributed by atoms with Crippen LogP contribution in [0.2, 0.25) is 0 Å². The first-order chi connectivity index (χ1) is 5.59. The second-order valence-corrected chi connectivity index (χ2v) is 2.44. The second-order valence-electron chi connectivity index (χ2n) is 2.44. The summed E-state index contributed by atoms with van der Waals surface area (Å²) in [4.78, 5) is 10.0. The number of nitrogens with two attached hydrogens (primary N) is 1. The number of nitrogens with zero attached hydrogens (tertiary/aromatic N) is 1. The molecule has 1 rings (SSSR count). The van der Waals surface area contributed by atoms with Gasteiger partial charge in [0.25, 0.3) is 0 Å². The van der Waals surface area contributed by atoms with E-state index in [2.05, 4.69) is 0 Å². The zero-order chi connectivity index (χ0) is 9.14. The fraction of sp³-hybridized carbons (Fsp3) is 0.143. The van der Waals surface area contributed by atoms with Gasteiger partial charge in [0.05, 0.1) is 0 Å². The first kappa shape index (κ1) is 8.32. The van der Waals surface area contributed by atoms with Crippen LogP contribution >= 0.6 is 0 Å². The highest BCUT2D eigenvalue weighted by atomic mass is 16.7. The van der Waals surface area contributed by atoms with Crippen molar-refractivity contribution in [3.05, 3.63) is 33.9 Å². The van der Waals surface area contributed by atoms with Crippen LogP contribution in [0.3, 0.4) is 0 Å². The molecule has 0 bridgehead atoms. The van der Waals surface area contributed by atoms with Crippen LogP contribution < -0.4 is 11.2 Å². The summed E-state index contributed by atoms with van der Waals surface area (Å²) in [5, 5.41) is 9.40. The number of rotatable bonds is 2. The Morgan fingerprint density at radius 3 is 2.75 bits per heavy atom. The van der Waals surface area contributed by atoms with Crippen LogP contribution in [-0.2, 0) is 0 Å². The number of aryl methyl sites for hydroxylation is 1. The standard InChI is InChI=1S/C7H9N3O2/c1-5-2-3-6(4-7(5)8)9-10(11)12/h2-4,9H,8H2,1H3. The van der Waals surface area contributed by atoms with E-state index in [1.54, 1.807) is 12.1 Å².